The first-order valence-corrected chi connectivity index (χ1v) is 8.05. The molecule has 0 aromatic carbocycles. The molecule has 2 heteroatoms. The topological polar surface area (TPSA) is 29.3 Å². The van der Waals surface area contributed by atoms with Gasteiger partial charge in [0.15, 0.2) is 0 Å². The molecule has 0 aromatic heterocycles. The zero-order chi connectivity index (χ0) is 12.8. The summed E-state index contributed by atoms with van der Waals surface area (Å²) in [4.78, 5) is 2.45. The van der Waals surface area contributed by atoms with Crippen LogP contribution in [-0.4, -0.2) is 31.1 Å². The van der Waals surface area contributed by atoms with Gasteiger partial charge < -0.3 is 10.6 Å². The first kappa shape index (κ1) is 12.9. The van der Waals surface area contributed by atoms with Crippen molar-refractivity contribution in [2.75, 3.05) is 20.1 Å². The highest BCUT2D eigenvalue weighted by Crippen LogP contribution is 2.60. The van der Waals surface area contributed by atoms with Crippen LogP contribution >= 0.6 is 0 Å². The van der Waals surface area contributed by atoms with Gasteiger partial charge in [-0.25, -0.2) is 0 Å². The van der Waals surface area contributed by atoms with Crippen molar-refractivity contribution in [1.82, 2.24) is 4.90 Å². The summed E-state index contributed by atoms with van der Waals surface area (Å²) >= 11 is 0. The Kier molecular flexibility index (Phi) is 3.44. The van der Waals surface area contributed by atoms with E-state index >= 15 is 0 Å². The highest BCUT2D eigenvalue weighted by Gasteiger charge is 2.53. The van der Waals surface area contributed by atoms with Crippen molar-refractivity contribution in [1.29, 1.82) is 0 Å². The van der Waals surface area contributed by atoms with E-state index in [1.54, 1.807) is 0 Å². The van der Waals surface area contributed by atoms with Gasteiger partial charge in [-0.2, -0.15) is 0 Å². The zero-order valence-corrected chi connectivity index (χ0v) is 12.2. The lowest BCUT2D eigenvalue weighted by atomic mass is 9.48. The van der Waals surface area contributed by atoms with Gasteiger partial charge in [0.1, 0.15) is 0 Å². The smallest absolute Gasteiger partial charge is 0.0225 e. The monoisotopic (exact) mass is 250 g/mol. The fraction of sp³-hybridized carbons (Fsp3) is 1.00. The van der Waals surface area contributed by atoms with Crippen LogP contribution < -0.4 is 5.73 Å². The molecule has 0 spiro atoms. The van der Waals surface area contributed by atoms with Crippen molar-refractivity contribution in [3.8, 4) is 0 Å². The van der Waals surface area contributed by atoms with Crippen molar-refractivity contribution in [3.05, 3.63) is 0 Å². The van der Waals surface area contributed by atoms with E-state index in [9.17, 15) is 0 Å². The Morgan fingerprint density at radius 2 is 1.61 bits per heavy atom. The molecule has 4 rings (SSSR count). The van der Waals surface area contributed by atoms with Crippen molar-refractivity contribution < 1.29 is 0 Å². The summed E-state index contributed by atoms with van der Waals surface area (Å²) in [6, 6.07) is 0.419. The van der Waals surface area contributed by atoms with Crippen LogP contribution in [-0.2, 0) is 0 Å². The standard InChI is InChI=1S/C16H30N2/c1-3-4-18(2)11-15(17)16-8-12-5-13(9-16)7-14(6-12)10-16/h12-15H,3-11,17H2,1-2H3. The molecule has 1 atom stereocenters. The second-order valence-electron chi connectivity index (χ2n) is 7.65. The van der Waals surface area contributed by atoms with Crippen LogP contribution in [0, 0.1) is 23.2 Å². The maximum Gasteiger partial charge on any atom is 0.0225 e. The molecule has 0 radical (unpaired) electrons. The number of likely N-dealkylation sites (N-methyl/N-ethyl adjacent to an activating group) is 1. The third-order valence-electron chi connectivity index (χ3n) is 5.99. The quantitative estimate of drug-likeness (QED) is 0.813. The molecule has 0 amide bonds. The van der Waals surface area contributed by atoms with Gasteiger partial charge in [-0.1, -0.05) is 6.92 Å². The number of hydrogen-bond donors (Lipinski definition) is 1. The second kappa shape index (κ2) is 4.79. The lowest BCUT2D eigenvalue weighted by molar-refractivity contribution is -0.0706. The van der Waals surface area contributed by atoms with Crippen molar-refractivity contribution in [2.24, 2.45) is 28.9 Å². The fourth-order valence-electron chi connectivity index (χ4n) is 5.63. The molecule has 4 bridgehead atoms. The predicted octanol–water partition coefficient (Wildman–Crippen LogP) is 2.87. The largest absolute Gasteiger partial charge is 0.326 e. The van der Waals surface area contributed by atoms with Gasteiger partial charge >= 0.3 is 0 Å². The Morgan fingerprint density at radius 3 is 2.06 bits per heavy atom. The molecule has 1 unspecified atom stereocenters. The van der Waals surface area contributed by atoms with E-state index in [0.29, 0.717) is 11.5 Å². The summed E-state index contributed by atoms with van der Waals surface area (Å²) in [5.74, 6) is 3.08. The lowest BCUT2D eigenvalue weighted by Gasteiger charge is -2.59. The first-order chi connectivity index (χ1) is 8.61. The number of nitrogens with zero attached hydrogens (tertiary/aromatic N) is 1. The molecule has 0 saturated heterocycles. The highest BCUT2D eigenvalue weighted by atomic mass is 15.1. The van der Waals surface area contributed by atoms with Crippen LogP contribution in [0.3, 0.4) is 0 Å². The average molecular weight is 250 g/mol. The maximum absolute atomic E-state index is 6.66. The Balaban J connectivity index is 1.67. The number of hydrogen-bond acceptors (Lipinski definition) is 2. The minimum Gasteiger partial charge on any atom is -0.326 e. The molecule has 104 valence electrons. The van der Waals surface area contributed by atoms with Gasteiger partial charge in [0.25, 0.3) is 0 Å². The number of rotatable bonds is 5. The van der Waals surface area contributed by atoms with Crippen LogP contribution in [0.1, 0.15) is 51.9 Å². The molecule has 0 aromatic rings. The molecular formula is C16H30N2. The SMILES string of the molecule is CCCN(C)CC(N)C12CC3CC(CC(C3)C1)C2. The molecule has 18 heavy (non-hydrogen) atoms. The van der Waals surface area contributed by atoms with Crippen molar-refractivity contribution >= 4 is 0 Å². The maximum atomic E-state index is 6.66. The molecule has 4 aliphatic carbocycles. The fourth-order valence-corrected chi connectivity index (χ4v) is 5.63. The summed E-state index contributed by atoms with van der Waals surface area (Å²) < 4.78 is 0. The summed E-state index contributed by atoms with van der Waals surface area (Å²) in [6.07, 6.45) is 10.1. The summed E-state index contributed by atoms with van der Waals surface area (Å²) in [6.45, 7) is 4.56. The average Bonchev–Trinajstić information content (AvgIpc) is 2.27. The van der Waals surface area contributed by atoms with Gasteiger partial charge in [0.2, 0.25) is 0 Å². The van der Waals surface area contributed by atoms with Crippen molar-refractivity contribution in [2.45, 2.75) is 57.9 Å². The first-order valence-electron chi connectivity index (χ1n) is 8.05. The second-order valence-corrected chi connectivity index (χ2v) is 7.65. The van der Waals surface area contributed by atoms with E-state index in [1.807, 2.05) is 0 Å². The lowest BCUT2D eigenvalue weighted by Crippen LogP contribution is -2.57. The van der Waals surface area contributed by atoms with Crippen LogP contribution in [0.15, 0.2) is 0 Å². The van der Waals surface area contributed by atoms with Gasteiger partial charge in [-0.05, 0) is 81.7 Å². The van der Waals surface area contributed by atoms with E-state index in [0.717, 1.165) is 24.3 Å². The summed E-state index contributed by atoms with van der Waals surface area (Å²) in [7, 11) is 2.24. The van der Waals surface area contributed by atoms with E-state index in [-0.39, 0.29) is 0 Å². The third kappa shape index (κ3) is 2.22. The molecule has 4 saturated carbocycles. The van der Waals surface area contributed by atoms with Gasteiger partial charge in [-0.3, -0.25) is 0 Å². The van der Waals surface area contributed by atoms with Gasteiger partial charge in [-0.15, -0.1) is 0 Å². The molecule has 0 aliphatic heterocycles. The van der Waals surface area contributed by atoms with Gasteiger partial charge in [0, 0.05) is 12.6 Å². The Labute approximate surface area is 112 Å². The molecule has 4 aliphatic rings. The van der Waals surface area contributed by atoms with Crippen LogP contribution in [0.2, 0.25) is 0 Å². The van der Waals surface area contributed by atoms with Crippen molar-refractivity contribution in [3.63, 3.8) is 0 Å². The minimum absolute atomic E-state index is 0.419. The van der Waals surface area contributed by atoms with Gasteiger partial charge in [0.05, 0.1) is 0 Å². The molecule has 2 nitrogen and oxygen atoms in total. The van der Waals surface area contributed by atoms with E-state index in [4.69, 9.17) is 5.73 Å². The predicted molar refractivity (Wildman–Crippen MR) is 76.4 cm³/mol. The molecule has 0 heterocycles. The van der Waals surface area contributed by atoms with Crippen LogP contribution in [0.5, 0.6) is 0 Å². The minimum atomic E-state index is 0.419. The Morgan fingerprint density at radius 1 is 1.11 bits per heavy atom. The van der Waals surface area contributed by atoms with E-state index < -0.39 is 0 Å². The summed E-state index contributed by atoms with van der Waals surface area (Å²) in [5, 5.41) is 0. The summed E-state index contributed by atoms with van der Waals surface area (Å²) in [5.41, 5.74) is 7.19. The zero-order valence-electron chi connectivity index (χ0n) is 12.2. The highest BCUT2D eigenvalue weighted by molar-refractivity contribution is 5.05. The molecule has 4 fully saturated rings. The van der Waals surface area contributed by atoms with Crippen LogP contribution in [0.25, 0.3) is 0 Å². The number of nitrogens with two attached hydrogens (primary N) is 1. The Bertz CT molecular complexity index is 264. The molecular weight excluding hydrogens is 220 g/mol. The molecule has 2 N–H and O–H groups in total. The van der Waals surface area contributed by atoms with E-state index in [1.165, 1.54) is 51.5 Å². The van der Waals surface area contributed by atoms with Crippen LogP contribution in [0.4, 0.5) is 0 Å². The van der Waals surface area contributed by atoms with E-state index in [2.05, 4.69) is 18.9 Å². The third-order valence-corrected chi connectivity index (χ3v) is 5.99. The normalized spacial score (nSPS) is 43.7. The Hall–Kier alpha value is -0.0800.